The first-order valence-corrected chi connectivity index (χ1v) is 5.99. The van der Waals surface area contributed by atoms with Crippen molar-refractivity contribution in [2.45, 2.75) is 32.1 Å². The van der Waals surface area contributed by atoms with E-state index < -0.39 is 0 Å². The molecule has 1 aromatic carbocycles. The summed E-state index contributed by atoms with van der Waals surface area (Å²) in [5.74, 6) is 0.298. The Kier molecular flexibility index (Phi) is 3.57. The van der Waals surface area contributed by atoms with E-state index in [1.54, 1.807) is 13.0 Å². The molecule has 2 rings (SSSR count). The Morgan fingerprint density at radius 2 is 2.29 bits per heavy atom. The monoisotopic (exact) mass is 232 g/mol. The fourth-order valence-electron chi connectivity index (χ4n) is 2.23. The van der Waals surface area contributed by atoms with Crippen molar-refractivity contribution in [1.82, 2.24) is 0 Å². The van der Waals surface area contributed by atoms with E-state index in [0.29, 0.717) is 30.8 Å². The Morgan fingerprint density at radius 1 is 1.47 bits per heavy atom. The number of benzene rings is 1. The van der Waals surface area contributed by atoms with E-state index >= 15 is 0 Å². The van der Waals surface area contributed by atoms with E-state index in [-0.39, 0.29) is 11.9 Å². The first-order valence-electron chi connectivity index (χ1n) is 5.99. The molecule has 3 heteroatoms. The van der Waals surface area contributed by atoms with Gasteiger partial charge in [-0.05, 0) is 37.0 Å². The molecular formula is C14H16O3. The third kappa shape index (κ3) is 2.73. The van der Waals surface area contributed by atoms with Crippen molar-refractivity contribution in [3.8, 4) is 0 Å². The van der Waals surface area contributed by atoms with Gasteiger partial charge in [-0.1, -0.05) is 12.1 Å². The van der Waals surface area contributed by atoms with E-state index in [1.165, 1.54) is 0 Å². The molecule has 0 N–H and O–H groups in total. The highest BCUT2D eigenvalue weighted by atomic mass is 16.5. The maximum atomic E-state index is 11.6. The molecule has 90 valence electrons. The number of hydrogen-bond acceptors (Lipinski definition) is 3. The van der Waals surface area contributed by atoms with Crippen LogP contribution in [0.1, 0.15) is 48.0 Å². The normalized spacial score (nSPS) is 19.4. The van der Waals surface area contributed by atoms with Crippen molar-refractivity contribution < 1.29 is 14.3 Å². The van der Waals surface area contributed by atoms with Gasteiger partial charge in [-0.3, -0.25) is 4.79 Å². The molecule has 1 saturated carbocycles. The minimum absolute atomic E-state index is 0.275. The Bertz CT molecular complexity index is 437. The fourth-order valence-corrected chi connectivity index (χ4v) is 2.23. The van der Waals surface area contributed by atoms with E-state index in [9.17, 15) is 9.59 Å². The first-order chi connectivity index (χ1) is 8.20. The summed E-state index contributed by atoms with van der Waals surface area (Å²) in [5.41, 5.74) is 1.64. The van der Waals surface area contributed by atoms with Crippen molar-refractivity contribution in [3.63, 3.8) is 0 Å². The third-order valence-electron chi connectivity index (χ3n) is 3.11. The molecule has 0 bridgehead atoms. The summed E-state index contributed by atoms with van der Waals surface area (Å²) < 4.78 is 4.96. The van der Waals surface area contributed by atoms with E-state index in [2.05, 4.69) is 0 Å². The third-order valence-corrected chi connectivity index (χ3v) is 3.11. The number of carbonyl (C=O) groups is 2. The number of Topliss-reactive ketones (excluding diaryl/α,β-unsaturated/α-hetero) is 1. The van der Waals surface area contributed by atoms with Crippen LogP contribution in [0.5, 0.6) is 0 Å². The molecule has 17 heavy (non-hydrogen) atoms. The summed E-state index contributed by atoms with van der Waals surface area (Å²) in [6.45, 7) is 2.17. The molecule has 1 aliphatic carbocycles. The molecule has 0 radical (unpaired) electrons. The lowest BCUT2D eigenvalue weighted by Crippen LogP contribution is -2.05. The van der Waals surface area contributed by atoms with E-state index in [1.807, 2.05) is 18.2 Å². The van der Waals surface area contributed by atoms with Gasteiger partial charge < -0.3 is 4.74 Å². The van der Waals surface area contributed by atoms with Crippen molar-refractivity contribution in [3.05, 3.63) is 35.4 Å². The highest BCUT2D eigenvalue weighted by Gasteiger charge is 2.24. The Hall–Kier alpha value is -1.64. The molecule has 0 aromatic heterocycles. The van der Waals surface area contributed by atoms with Gasteiger partial charge in [-0.2, -0.15) is 0 Å². The van der Waals surface area contributed by atoms with Crippen LogP contribution in [0.15, 0.2) is 24.3 Å². The molecule has 0 amide bonds. The standard InChI is InChI=1S/C14H16O3/c1-2-17-14(16)12-5-3-4-10(8-12)11-6-7-13(15)9-11/h3-5,8,11H,2,6-7,9H2,1H3. The Morgan fingerprint density at radius 3 is 2.94 bits per heavy atom. The second kappa shape index (κ2) is 5.13. The van der Waals surface area contributed by atoms with Crippen molar-refractivity contribution in [2.75, 3.05) is 6.61 Å². The minimum atomic E-state index is -0.293. The number of esters is 1. The van der Waals surface area contributed by atoms with Crippen molar-refractivity contribution in [1.29, 1.82) is 0 Å². The quantitative estimate of drug-likeness (QED) is 0.752. The summed E-state index contributed by atoms with van der Waals surface area (Å²) in [7, 11) is 0. The van der Waals surface area contributed by atoms with E-state index in [4.69, 9.17) is 4.74 Å². The summed E-state index contributed by atoms with van der Waals surface area (Å²) in [6, 6.07) is 7.43. The average Bonchev–Trinajstić information content (AvgIpc) is 2.76. The van der Waals surface area contributed by atoms with Crippen LogP contribution in [0.25, 0.3) is 0 Å². The number of hydrogen-bond donors (Lipinski definition) is 0. The van der Waals surface area contributed by atoms with Gasteiger partial charge in [0.05, 0.1) is 12.2 Å². The molecule has 0 spiro atoms. The minimum Gasteiger partial charge on any atom is -0.462 e. The molecule has 1 atom stereocenters. The van der Waals surface area contributed by atoms with Crippen molar-refractivity contribution in [2.24, 2.45) is 0 Å². The summed E-state index contributed by atoms with van der Waals surface area (Å²) in [6.07, 6.45) is 2.16. The molecule has 0 aliphatic heterocycles. The van der Waals surface area contributed by atoms with Gasteiger partial charge in [0, 0.05) is 12.8 Å². The smallest absolute Gasteiger partial charge is 0.338 e. The van der Waals surface area contributed by atoms with Crippen LogP contribution < -0.4 is 0 Å². The Labute approximate surface area is 101 Å². The zero-order valence-electron chi connectivity index (χ0n) is 9.94. The number of ether oxygens (including phenoxy) is 1. The first kappa shape index (κ1) is 11.8. The maximum Gasteiger partial charge on any atom is 0.338 e. The fraction of sp³-hybridized carbons (Fsp3) is 0.429. The molecular weight excluding hydrogens is 216 g/mol. The van der Waals surface area contributed by atoms with Crippen LogP contribution in [-0.4, -0.2) is 18.4 Å². The highest BCUT2D eigenvalue weighted by Crippen LogP contribution is 2.32. The van der Waals surface area contributed by atoms with E-state index in [0.717, 1.165) is 12.0 Å². The van der Waals surface area contributed by atoms with Crippen LogP contribution in [-0.2, 0) is 9.53 Å². The predicted molar refractivity (Wildman–Crippen MR) is 64.0 cm³/mol. The van der Waals surface area contributed by atoms with Crippen LogP contribution in [0.4, 0.5) is 0 Å². The van der Waals surface area contributed by atoms with Crippen LogP contribution in [0.3, 0.4) is 0 Å². The molecule has 1 aromatic rings. The lowest BCUT2D eigenvalue weighted by atomic mass is 9.96. The highest BCUT2D eigenvalue weighted by molar-refractivity contribution is 5.89. The van der Waals surface area contributed by atoms with Crippen LogP contribution in [0, 0.1) is 0 Å². The van der Waals surface area contributed by atoms with Crippen LogP contribution >= 0.6 is 0 Å². The second-order valence-corrected chi connectivity index (χ2v) is 4.32. The van der Waals surface area contributed by atoms with Gasteiger partial charge >= 0.3 is 5.97 Å². The molecule has 1 unspecified atom stereocenters. The molecule has 1 aliphatic rings. The lowest BCUT2D eigenvalue weighted by molar-refractivity contribution is -0.117. The zero-order chi connectivity index (χ0) is 12.3. The van der Waals surface area contributed by atoms with Gasteiger partial charge in [0.2, 0.25) is 0 Å². The van der Waals surface area contributed by atoms with Crippen molar-refractivity contribution >= 4 is 11.8 Å². The molecule has 0 saturated heterocycles. The van der Waals surface area contributed by atoms with Crippen LogP contribution in [0.2, 0.25) is 0 Å². The van der Waals surface area contributed by atoms with Gasteiger partial charge in [-0.15, -0.1) is 0 Å². The summed E-state index contributed by atoms with van der Waals surface area (Å²) >= 11 is 0. The number of rotatable bonds is 3. The number of ketones is 1. The summed E-state index contributed by atoms with van der Waals surface area (Å²) in [4.78, 5) is 22.8. The second-order valence-electron chi connectivity index (χ2n) is 4.32. The lowest BCUT2D eigenvalue weighted by Gasteiger charge is -2.10. The SMILES string of the molecule is CCOC(=O)c1cccc(C2CCC(=O)C2)c1. The topological polar surface area (TPSA) is 43.4 Å². The van der Waals surface area contributed by atoms with Gasteiger partial charge in [-0.25, -0.2) is 4.79 Å². The number of carbonyl (C=O) groups excluding carboxylic acids is 2. The molecule has 0 heterocycles. The van der Waals surface area contributed by atoms with Gasteiger partial charge in [0.15, 0.2) is 0 Å². The Balaban J connectivity index is 2.16. The molecule has 3 nitrogen and oxygen atoms in total. The molecule has 1 fully saturated rings. The summed E-state index contributed by atoms with van der Waals surface area (Å²) in [5, 5.41) is 0. The maximum absolute atomic E-state index is 11.6. The largest absolute Gasteiger partial charge is 0.462 e. The van der Waals surface area contributed by atoms with Gasteiger partial charge in [0.1, 0.15) is 5.78 Å². The zero-order valence-corrected chi connectivity index (χ0v) is 9.94. The predicted octanol–water partition coefficient (Wildman–Crippen LogP) is 2.70. The average molecular weight is 232 g/mol. The van der Waals surface area contributed by atoms with Gasteiger partial charge in [0.25, 0.3) is 0 Å².